The number of carbonyl (C=O) groups is 1. The second kappa shape index (κ2) is 8.51. The lowest BCUT2D eigenvalue weighted by atomic mass is 10.1. The molecule has 0 spiro atoms. The summed E-state index contributed by atoms with van der Waals surface area (Å²) in [7, 11) is -3.63. The van der Waals surface area contributed by atoms with Gasteiger partial charge in [0.1, 0.15) is 0 Å². The van der Waals surface area contributed by atoms with Crippen molar-refractivity contribution in [2.75, 3.05) is 17.8 Å². The Morgan fingerprint density at radius 3 is 2.36 bits per heavy atom. The highest BCUT2D eigenvalue weighted by atomic mass is 35.5. The first-order valence-electron chi connectivity index (χ1n) is 9.24. The summed E-state index contributed by atoms with van der Waals surface area (Å²) >= 11 is 0. The fourth-order valence-corrected chi connectivity index (χ4v) is 4.88. The highest BCUT2D eigenvalue weighted by molar-refractivity contribution is 7.92. The van der Waals surface area contributed by atoms with Gasteiger partial charge in [0.05, 0.1) is 4.90 Å². The van der Waals surface area contributed by atoms with Gasteiger partial charge >= 0.3 is 0 Å². The third-order valence-corrected chi connectivity index (χ3v) is 6.65. The number of nitrogens with one attached hydrogen (secondary N) is 2. The van der Waals surface area contributed by atoms with E-state index in [1.165, 1.54) is 6.42 Å². The van der Waals surface area contributed by atoms with Gasteiger partial charge in [0.15, 0.2) is 0 Å². The van der Waals surface area contributed by atoms with Gasteiger partial charge in [0.2, 0.25) is 0 Å². The van der Waals surface area contributed by atoms with Crippen molar-refractivity contribution in [3.05, 3.63) is 60.2 Å². The number of hydrogen-bond donors (Lipinski definition) is 2. The molecule has 2 atom stereocenters. The van der Waals surface area contributed by atoms with Crippen LogP contribution in [0.25, 0.3) is 0 Å². The molecule has 2 heterocycles. The fourth-order valence-electron chi connectivity index (χ4n) is 3.80. The van der Waals surface area contributed by atoms with Crippen molar-refractivity contribution in [2.24, 2.45) is 0 Å². The maximum absolute atomic E-state index is 12.8. The molecule has 2 aromatic rings. The summed E-state index contributed by atoms with van der Waals surface area (Å²) in [5.41, 5.74) is 1.02. The van der Waals surface area contributed by atoms with Crippen molar-refractivity contribution in [3.63, 3.8) is 0 Å². The van der Waals surface area contributed by atoms with E-state index in [0.717, 1.165) is 25.9 Å². The van der Waals surface area contributed by atoms with E-state index in [4.69, 9.17) is 0 Å². The first-order valence-corrected chi connectivity index (χ1v) is 10.7. The van der Waals surface area contributed by atoms with Crippen LogP contribution in [0.5, 0.6) is 0 Å². The Kier molecular flexibility index (Phi) is 6.27. The van der Waals surface area contributed by atoms with Crippen LogP contribution >= 0.6 is 12.4 Å². The molecule has 2 aliphatic heterocycles. The number of carbonyl (C=O) groups excluding carboxylic acids is 1. The number of benzene rings is 2. The highest BCUT2D eigenvalue weighted by Gasteiger charge is 2.31. The molecule has 2 fully saturated rings. The SMILES string of the molecule is Cl.O=C(c1ccc(NS(=O)(=O)c2ccccc2)cc1)N1CCC2CCC(C1)N2. The highest BCUT2D eigenvalue weighted by Crippen LogP contribution is 2.22. The topological polar surface area (TPSA) is 78.5 Å². The van der Waals surface area contributed by atoms with E-state index in [9.17, 15) is 13.2 Å². The van der Waals surface area contributed by atoms with Crippen molar-refractivity contribution in [1.29, 1.82) is 0 Å². The summed E-state index contributed by atoms with van der Waals surface area (Å²) in [6.45, 7) is 1.49. The maximum atomic E-state index is 12.8. The van der Waals surface area contributed by atoms with Crippen LogP contribution in [0.1, 0.15) is 29.6 Å². The van der Waals surface area contributed by atoms with E-state index in [2.05, 4.69) is 10.0 Å². The summed E-state index contributed by atoms with van der Waals surface area (Å²) in [5, 5.41) is 3.57. The molecule has 2 unspecified atom stereocenters. The zero-order valence-electron chi connectivity index (χ0n) is 15.4. The average molecular weight is 422 g/mol. The molecule has 0 saturated carbocycles. The predicted octanol–water partition coefficient (Wildman–Crippen LogP) is 2.88. The summed E-state index contributed by atoms with van der Waals surface area (Å²) in [6.07, 6.45) is 3.30. The molecule has 0 radical (unpaired) electrons. The molecule has 4 rings (SSSR count). The lowest BCUT2D eigenvalue weighted by Gasteiger charge is -2.24. The minimum absolute atomic E-state index is 0. The largest absolute Gasteiger partial charge is 0.337 e. The van der Waals surface area contributed by atoms with E-state index in [1.807, 2.05) is 4.90 Å². The van der Waals surface area contributed by atoms with Crippen LogP contribution in [0.2, 0.25) is 0 Å². The third-order valence-electron chi connectivity index (χ3n) is 5.25. The number of likely N-dealkylation sites (tertiary alicyclic amines) is 1. The number of hydrogen-bond acceptors (Lipinski definition) is 4. The monoisotopic (exact) mass is 421 g/mol. The molecule has 0 aliphatic carbocycles. The number of rotatable bonds is 4. The molecule has 6 nitrogen and oxygen atoms in total. The number of amides is 1. The quantitative estimate of drug-likeness (QED) is 0.795. The molecule has 0 aromatic heterocycles. The van der Waals surface area contributed by atoms with Crippen molar-refractivity contribution in [2.45, 2.75) is 36.2 Å². The molecule has 2 N–H and O–H groups in total. The van der Waals surface area contributed by atoms with Crippen molar-refractivity contribution < 1.29 is 13.2 Å². The van der Waals surface area contributed by atoms with Crippen LogP contribution in [-0.2, 0) is 10.0 Å². The normalized spacial score (nSPS) is 21.5. The number of anilines is 1. The Morgan fingerprint density at radius 2 is 1.64 bits per heavy atom. The molecule has 8 heteroatoms. The second-order valence-corrected chi connectivity index (χ2v) is 8.86. The first kappa shape index (κ1) is 20.6. The molecule has 2 bridgehead atoms. The molecule has 2 aliphatic rings. The fraction of sp³-hybridized carbons (Fsp3) is 0.350. The van der Waals surface area contributed by atoms with E-state index < -0.39 is 10.0 Å². The smallest absolute Gasteiger partial charge is 0.261 e. The third kappa shape index (κ3) is 4.48. The molecule has 2 aromatic carbocycles. The maximum Gasteiger partial charge on any atom is 0.261 e. The Hall–Kier alpha value is -2.09. The van der Waals surface area contributed by atoms with Gasteiger partial charge in [-0.1, -0.05) is 18.2 Å². The summed E-state index contributed by atoms with van der Waals surface area (Å²) in [4.78, 5) is 14.9. The predicted molar refractivity (Wildman–Crippen MR) is 111 cm³/mol. The zero-order valence-corrected chi connectivity index (χ0v) is 17.0. The summed E-state index contributed by atoms with van der Waals surface area (Å²) in [6, 6.07) is 15.8. The van der Waals surface area contributed by atoms with Gasteiger partial charge in [-0.2, -0.15) is 0 Å². The van der Waals surface area contributed by atoms with Crippen molar-refractivity contribution in [3.8, 4) is 0 Å². The standard InChI is InChI=1S/C20H23N3O3S.ClH/c24-20(23-13-12-16-10-11-18(14-23)21-16)15-6-8-17(9-7-15)22-27(25,26)19-4-2-1-3-5-19;/h1-9,16,18,21-22H,10-14H2;1H. The molecule has 150 valence electrons. The summed E-state index contributed by atoms with van der Waals surface area (Å²) in [5.74, 6) is 0.00168. The zero-order chi connectivity index (χ0) is 18.9. The Balaban J connectivity index is 0.00000225. The van der Waals surface area contributed by atoms with E-state index in [1.54, 1.807) is 54.6 Å². The van der Waals surface area contributed by atoms with Gasteiger partial charge in [-0.25, -0.2) is 8.42 Å². The van der Waals surface area contributed by atoms with Crippen LogP contribution in [0.4, 0.5) is 5.69 Å². The minimum Gasteiger partial charge on any atom is -0.337 e. The van der Waals surface area contributed by atoms with Gasteiger partial charge < -0.3 is 10.2 Å². The van der Waals surface area contributed by atoms with Gasteiger partial charge in [0.25, 0.3) is 15.9 Å². The van der Waals surface area contributed by atoms with Crippen LogP contribution in [0.15, 0.2) is 59.5 Å². The number of halogens is 1. The van der Waals surface area contributed by atoms with Crippen LogP contribution in [0, 0.1) is 0 Å². The van der Waals surface area contributed by atoms with E-state index in [0.29, 0.717) is 23.3 Å². The second-order valence-electron chi connectivity index (χ2n) is 7.17. The number of nitrogens with zero attached hydrogens (tertiary/aromatic N) is 1. The van der Waals surface area contributed by atoms with E-state index in [-0.39, 0.29) is 23.2 Å². The summed E-state index contributed by atoms with van der Waals surface area (Å²) < 4.78 is 27.3. The molecule has 28 heavy (non-hydrogen) atoms. The minimum atomic E-state index is -3.63. The van der Waals surface area contributed by atoms with Crippen LogP contribution < -0.4 is 10.0 Å². The van der Waals surface area contributed by atoms with Gasteiger partial charge in [0, 0.05) is 36.4 Å². The first-order chi connectivity index (χ1) is 13.0. The van der Waals surface area contributed by atoms with Gasteiger partial charge in [-0.15, -0.1) is 12.4 Å². The molecular formula is C20H24ClN3O3S. The molecule has 2 saturated heterocycles. The van der Waals surface area contributed by atoms with Crippen molar-refractivity contribution in [1.82, 2.24) is 10.2 Å². The average Bonchev–Trinajstić information content (AvgIpc) is 3.01. The molecular weight excluding hydrogens is 398 g/mol. The van der Waals surface area contributed by atoms with Crippen molar-refractivity contribution >= 4 is 34.0 Å². The van der Waals surface area contributed by atoms with Gasteiger partial charge in [-0.05, 0) is 55.7 Å². The Bertz CT molecular complexity index is 919. The lowest BCUT2D eigenvalue weighted by Crippen LogP contribution is -2.39. The Morgan fingerprint density at radius 1 is 0.964 bits per heavy atom. The van der Waals surface area contributed by atoms with Gasteiger partial charge in [-0.3, -0.25) is 9.52 Å². The molecule has 1 amide bonds. The van der Waals surface area contributed by atoms with Crippen LogP contribution in [-0.4, -0.2) is 44.4 Å². The Labute approximate surface area is 171 Å². The lowest BCUT2D eigenvalue weighted by molar-refractivity contribution is 0.0748. The van der Waals surface area contributed by atoms with Crippen LogP contribution in [0.3, 0.4) is 0 Å². The number of sulfonamides is 1. The number of fused-ring (bicyclic) bond motifs is 2. The van der Waals surface area contributed by atoms with E-state index >= 15 is 0 Å².